The van der Waals surface area contributed by atoms with Crippen molar-refractivity contribution in [1.82, 2.24) is 0 Å². The molecule has 0 aliphatic heterocycles. The summed E-state index contributed by atoms with van der Waals surface area (Å²) in [4.78, 5) is 10.5. The highest BCUT2D eigenvalue weighted by molar-refractivity contribution is 6.37. The second-order valence-corrected chi connectivity index (χ2v) is 3.31. The lowest BCUT2D eigenvalue weighted by atomic mass is 10.1. The van der Waals surface area contributed by atoms with E-state index in [1.807, 2.05) is 0 Å². The van der Waals surface area contributed by atoms with Gasteiger partial charge in [-0.25, -0.2) is 0 Å². The Morgan fingerprint density at radius 2 is 2.08 bits per heavy atom. The Morgan fingerprint density at radius 1 is 1.38 bits per heavy atom. The normalized spacial score (nSPS) is 10.1. The molecule has 0 fully saturated rings. The van der Waals surface area contributed by atoms with Gasteiger partial charge in [-0.2, -0.15) is 0 Å². The number of hydrogen-bond acceptors (Lipinski definition) is 2. The van der Waals surface area contributed by atoms with Crippen molar-refractivity contribution in [3.63, 3.8) is 0 Å². The van der Waals surface area contributed by atoms with E-state index in [2.05, 4.69) is 0 Å². The highest BCUT2D eigenvalue weighted by atomic mass is 35.5. The maximum absolute atomic E-state index is 10.5. The van der Waals surface area contributed by atoms with Crippen molar-refractivity contribution in [2.45, 2.75) is 6.42 Å². The summed E-state index contributed by atoms with van der Waals surface area (Å²) in [5.74, 6) is 0. The zero-order valence-electron chi connectivity index (χ0n) is 6.76. The van der Waals surface area contributed by atoms with Crippen molar-refractivity contribution in [3.05, 3.63) is 33.3 Å². The molecule has 0 aromatic heterocycles. The number of benzene rings is 1. The van der Waals surface area contributed by atoms with Crippen LogP contribution in [0.15, 0.2) is 12.1 Å². The number of aliphatic hydroxyl groups excluding tert-OH is 1. The van der Waals surface area contributed by atoms with Crippen LogP contribution in [0, 0.1) is 0 Å². The van der Waals surface area contributed by atoms with Crippen LogP contribution in [0.5, 0.6) is 0 Å². The van der Waals surface area contributed by atoms with Crippen LogP contribution < -0.4 is 0 Å². The smallest absolute Gasteiger partial charge is 0.151 e. The summed E-state index contributed by atoms with van der Waals surface area (Å²) in [7, 11) is 0. The van der Waals surface area contributed by atoms with Crippen molar-refractivity contribution in [3.8, 4) is 0 Å². The van der Waals surface area contributed by atoms with Gasteiger partial charge >= 0.3 is 0 Å². The first-order chi connectivity index (χ1) is 6.20. The Hall–Kier alpha value is -0.570. The fraction of sp³-hybridized carbons (Fsp3) is 0.222. The maximum atomic E-state index is 10.5. The number of aldehydes is 1. The molecule has 0 aliphatic rings. The van der Waals surface area contributed by atoms with E-state index in [1.54, 1.807) is 12.1 Å². The van der Waals surface area contributed by atoms with Crippen LogP contribution in [-0.2, 0) is 6.42 Å². The molecular weight excluding hydrogens is 211 g/mol. The summed E-state index contributed by atoms with van der Waals surface area (Å²) in [5.41, 5.74) is 1.02. The highest BCUT2D eigenvalue weighted by Gasteiger charge is 2.09. The van der Waals surface area contributed by atoms with Gasteiger partial charge in [-0.15, -0.1) is 0 Å². The first kappa shape index (κ1) is 10.5. The molecule has 0 amide bonds. The van der Waals surface area contributed by atoms with Crippen molar-refractivity contribution in [2.24, 2.45) is 0 Å². The first-order valence-electron chi connectivity index (χ1n) is 3.73. The molecule has 0 spiro atoms. The molecule has 0 atom stereocenters. The van der Waals surface area contributed by atoms with Crippen LogP contribution >= 0.6 is 23.2 Å². The van der Waals surface area contributed by atoms with Crippen molar-refractivity contribution in [2.75, 3.05) is 6.61 Å². The zero-order chi connectivity index (χ0) is 9.84. The Kier molecular flexibility index (Phi) is 3.72. The summed E-state index contributed by atoms with van der Waals surface area (Å²) in [6.07, 6.45) is 1.03. The van der Waals surface area contributed by atoms with E-state index in [0.717, 1.165) is 0 Å². The molecule has 4 heteroatoms. The molecule has 0 saturated carbocycles. The molecule has 0 radical (unpaired) electrons. The van der Waals surface area contributed by atoms with Gasteiger partial charge in [0.05, 0.1) is 5.02 Å². The van der Waals surface area contributed by atoms with Crippen molar-refractivity contribution < 1.29 is 9.90 Å². The summed E-state index contributed by atoms with van der Waals surface area (Å²) < 4.78 is 0. The fourth-order valence-electron chi connectivity index (χ4n) is 1.05. The molecule has 0 aliphatic carbocycles. The van der Waals surface area contributed by atoms with Crippen LogP contribution in [-0.4, -0.2) is 18.0 Å². The van der Waals surface area contributed by atoms with Crippen LogP contribution in [0.1, 0.15) is 15.9 Å². The van der Waals surface area contributed by atoms with Gasteiger partial charge in [0.15, 0.2) is 6.29 Å². The van der Waals surface area contributed by atoms with Crippen LogP contribution in [0.2, 0.25) is 10.0 Å². The average molecular weight is 219 g/mol. The van der Waals surface area contributed by atoms with Crippen LogP contribution in [0.3, 0.4) is 0 Å². The number of halogens is 2. The molecule has 70 valence electrons. The van der Waals surface area contributed by atoms with Gasteiger partial charge in [0.2, 0.25) is 0 Å². The second-order valence-electron chi connectivity index (χ2n) is 2.52. The van der Waals surface area contributed by atoms with Crippen LogP contribution in [0.4, 0.5) is 0 Å². The number of aliphatic hydroxyl groups is 1. The van der Waals surface area contributed by atoms with E-state index in [0.29, 0.717) is 33.9 Å². The van der Waals surface area contributed by atoms with E-state index in [-0.39, 0.29) is 6.61 Å². The lowest BCUT2D eigenvalue weighted by molar-refractivity contribution is 0.112. The van der Waals surface area contributed by atoms with Gasteiger partial charge in [0.1, 0.15) is 0 Å². The van der Waals surface area contributed by atoms with Gasteiger partial charge in [-0.3, -0.25) is 4.79 Å². The number of carbonyl (C=O) groups excluding carboxylic acids is 1. The second kappa shape index (κ2) is 4.61. The Labute approximate surface area is 86.1 Å². The molecule has 0 unspecified atom stereocenters. The minimum absolute atomic E-state index is 0.0399. The van der Waals surface area contributed by atoms with E-state index < -0.39 is 0 Å². The quantitative estimate of drug-likeness (QED) is 0.792. The lowest BCUT2D eigenvalue weighted by Gasteiger charge is -2.06. The van der Waals surface area contributed by atoms with Crippen molar-refractivity contribution >= 4 is 29.5 Å². The third kappa shape index (κ3) is 2.21. The number of hydrogen-bond donors (Lipinski definition) is 1. The number of carbonyl (C=O) groups is 1. The highest BCUT2D eigenvalue weighted by Crippen LogP contribution is 2.27. The van der Waals surface area contributed by atoms with E-state index in [1.165, 1.54) is 0 Å². The van der Waals surface area contributed by atoms with Crippen molar-refractivity contribution in [1.29, 1.82) is 0 Å². The zero-order valence-corrected chi connectivity index (χ0v) is 8.27. The molecule has 1 rings (SSSR count). The van der Waals surface area contributed by atoms with Gasteiger partial charge < -0.3 is 5.11 Å². The predicted molar refractivity (Wildman–Crippen MR) is 52.6 cm³/mol. The summed E-state index contributed by atoms with van der Waals surface area (Å²) >= 11 is 11.7. The molecule has 1 aromatic carbocycles. The molecule has 1 aromatic rings. The van der Waals surface area contributed by atoms with Gasteiger partial charge in [-0.1, -0.05) is 23.2 Å². The standard InChI is InChI=1S/C9H8Cl2O2/c10-8-2-1-6(5-13)9(11)7(8)3-4-12/h1-2,5,12H,3-4H2. The van der Waals surface area contributed by atoms with E-state index >= 15 is 0 Å². The Morgan fingerprint density at radius 3 is 2.62 bits per heavy atom. The van der Waals surface area contributed by atoms with E-state index in [4.69, 9.17) is 28.3 Å². The molecule has 0 saturated heterocycles. The van der Waals surface area contributed by atoms with Gasteiger partial charge in [-0.05, 0) is 24.1 Å². The first-order valence-corrected chi connectivity index (χ1v) is 4.49. The Balaban J connectivity index is 3.21. The fourth-order valence-corrected chi connectivity index (χ4v) is 1.65. The summed E-state index contributed by atoms with van der Waals surface area (Å²) in [6, 6.07) is 3.15. The molecule has 2 nitrogen and oxygen atoms in total. The molecule has 13 heavy (non-hydrogen) atoms. The van der Waals surface area contributed by atoms with Gasteiger partial charge in [0, 0.05) is 17.2 Å². The number of rotatable bonds is 3. The summed E-state index contributed by atoms with van der Waals surface area (Å²) in [5, 5.41) is 9.53. The predicted octanol–water partition coefficient (Wildman–Crippen LogP) is 2.34. The molecule has 0 heterocycles. The monoisotopic (exact) mass is 218 g/mol. The molecule has 0 bridgehead atoms. The minimum atomic E-state index is -0.0399. The molecule has 1 N–H and O–H groups in total. The average Bonchev–Trinajstić information content (AvgIpc) is 2.12. The largest absolute Gasteiger partial charge is 0.396 e. The molecular formula is C9H8Cl2O2. The lowest BCUT2D eigenvalue weighted by Crippen LogP contribution is -1.96. The van der Waals surface area contributed by atoms with E-state index in [9.17, 15) is 4.79 Å². The Bertz CT molecular complexity index is 324. The summed E-state index contributed by atoms with van der Waals surface area (Å²) in [6.45, 7) is -0.0399. The third-order valence-electron chi connectivity index (χ3n) is 1.70. The SMILES string of the molecule is O=Cc1ccc(Cl)c(CCO)c1Cl. The third-order valence-corrected chi connectivity index (χ3v) is 2.51. The van der Waals surface area contributed by atoms with Crippen LogP contribution in [0.25, 0.3) is 0 Å². The minimum Gasteiger partial charge on any atom is -0.396 e. The maximum Gasteiger partial charge on any atom is 0.151 e. The van der Waals surface area contributed by atoms with Gasteiger partial charge in [0.25, 0.3) is 0 Å². The topological polar surface area (TPSA) is 37.3 Å².